The molecule has 2 nitrogen and oxygen atoms in total. The molecule has 0 fully saturated rings. The fourth-order valence-corrected chi connectivity index (χ4v) is 2.20. The van der Waals surface area contributed by atoms with Crippen molar-refractivity contribution in [3.63, 3.8) is 0 Å². The highest BCUT2D eigenvalue weighted by atomic mass is 16.3. The fraction of sp³-hybridized carbons (Fsp3) is 0.600. The Balaban J connectivity index is 4.12. The molecule has 0 aliphatic carbocycles. The Morgan fingerprint density at radius 3 is 1.77 bits per heavy atom. The van der Waals surface area contributed by atoms with Crippen LogP contribution < -0.4 is 0 Å². The van der Waals surface area contributed by atoms with Gasteiger partial charge in [-0.1, -0.05) is 41.0 Å². The predicted molar refractivity (Wildman–Crippen MR) is 96.9 cm³/mol. The maximum absolute atomic E-state index is 9.41. The fourth-order valence-electron chi connectivity index (χ4n) is 2.20. The molecule has 0 unspecified atom stereocenters. The van der Waals surface area contributed by atoms with Crippen LogP contribution in [-0.4, -0.2) is 23.4 Å². The second-order valence-electron chi connectivity index (χ2n) is 6.20. The van der Waals surface area contributed by atoms with E-state index < -0.39 is 0 Å². The van der Waals surface area contributed by atoms with Crippen molar-refractivity contribution in [3.05, 3.63) is 46.6 Å². The summed E-state index contributed by atoms with van der Waals surface area (Å²) in [6.45, 7) is 8.74. The summed E-state index contributed by atoms with van der Waals surface area (Å²) in [5.41, 5.74) is 5.12. The zero-order valence-corrected chi connectivity index (χ0v) is 14.9. The van der Waals surface area contributed by atoms with E-state index in [9.17, 15) is 5.11 Å². The molecule has 0 radical (unpaired) electrons. The molecular weight excluding hydrogens is 272 g/mol. The molecule has 0 aromatic rings. The van der Waals surface area contributed by atoms with E-state index in [1.807, 2.05) is 13.0 Å². The van der Waals surface area contributed by atoms with Crippen LogP contribution in [0.4, 0.5) is 0 Å². The van der Waals surface area contributed by atoms with E-state index in [0.29, 0.717) is 0 Å². The summed E-state index contributed by atoms with van der Waals surface area (Å²) >= 11 is 0. The molecule has 0 rings (SSSR count). The van der Waals surface area contributed by atoms with E-state index in [0.717, 1.165) is 44.1 Å². The maximum atomic E-state index is 9.41. The number of allylic oxidation sites excluding steroid dienone is 6. The number of aliphatic hydroxyl groups excluding tert-OH is 2. The first-order valence-corrected chi connectivity index (χ1v) is 8.33. The highest BCUT2D eigenvalue weighted by Gasteiger charge is 1.96. The van der Waals surface area contributed by atoms with Gasteiger partial charge in [0.25, 0.3) is 0 Å². The second kappa shape index (κ2) is 13.5. The molecule has 0 saturated heterocycles. The van der Waals surface area contributed by atoms with Gasteiger partial charge in [-0.05, 0) is 71.8 Å². The van der Waals surface area contributed by atoms with Crippen LogP contribution in [0.15, 0.2) is 46.6 Å². The monoisotopic (exact) mass is 306 g/mol. The number of rotatable bonds is 11. The molecule has 126 valence electrons. The van der Waals surface area contributed by atoms with E-state index in [1.54, 1.807) is 0 Å². The predicted octanol–water partition coefficient (Wildman–Crippen LogP) is 5.10. The Labute approximate surface area is 137 Å². The Hall–Kier alpha value is -1.12. The SMILES string of the molecule is CC(C)=CCC/C(C)=C/CCC(=CCCC(C)=CCO)CO. The van der Waals surface area contributed by atoms with Crippen molar-refractivity contribution < 1.29 is 10.2 Å². The van der Waals surface area contributed by atoms with E-state index in [4.69, 9.17) is 5.11 Å². The minimum absolute atomic E-state index is 0.110. The van der Waals surface area contributed by atoms with Gasteiger partial charge in [-0.15, -0.1) is 0 Å². The summed E-state index contributed by atoms with van der Waals surface area (Å²) < 4.78 is 0. The lowest BCUT2D eigenvalue weighted by Gasteiger charge is -2.04. The van der Waals surface area contributed by atoms with Gasteiger partial charge in [0.05, 0.1) is 13.2 Å². The summed E-state index contributed by atoms with van der Waals surface area (Å²) in [7, 11) is 0. The smallest absolute Gasteiger partial charge is 0.0641 e. The molecule has 22 heavy (non-hydrogen) atoms. The standard InChI is InChI=1S/C20H34O2/c1-17(2)8-5-9-18(3)10-6-12-20(16-22)13-7-11-19(4)14-15-21/h8,10,13-14,21-22H,5-7,9,11-12,15-16H2,1-4H3/b18-10+,19-14?,20-13?. The quantitative estimate of drug-likeness (QED) is 0.522. The highest BCUT2D eigenvalue weighted by molar-refractivity contribution is 5.08. The minimum atomic E-state index is 0.110. The number of aliphatic hydroxyl groups is 2. The van der Waals surface area contributed by atoms with Gasteiger partial charge in [0.15, 0.2) is 0 Å². The van der Waals surface area contributed by atoms with Gasteiger partial charge < -0.3 is 10.2 Å². The normalized spacial score (nSPS) is 13.5. The van der Waals surface area contributed by atoms with Crippen LogP contribution in [0.2, 0.25) is 0 Å². The summed E-state index contributed by atoms with van der Waals surface area (Å²) in [5.74, 6) is 0. The van der Waals surface area contributed by atoms with Crippen LogP contribution in [0.3, 0.4) is 0 Å². The Morgan fingerprint density at radius 1 is 0.682 bits per heavy atom. The van der Waals surface area contributed by atoms with E-state index >= 15 is 0 Å². The molecule has 0 aromatic heterocycles. The van der Waals surface area contributed by atoms with Gasteiger partial charge >= 0.3 is 0 Å². The average molecular weight is 306 g/mol. The Bertz CT molecular complexity index is 407. The molecule has 0 aromatic carbocycles. The van der Waals surface area contributed by atoms with E-state index in [1.165, 1.54) is 16.7 Å². The zero-order chi connectivity index (χ0) is 16.8. The minimum Gasteiger partial charge on any atom is -0.392 e. The van der Waals surface area contributed by atoms with Crippen LogP contribution in [-0.2, 0) is 0 Å². The molecule has 2 heteroatoms. The molecule has 0 atom stereocenters. The Kier molecular flexibility index (Phi) is 12.8. The van der Waals surface area contributed by atoms with Crippen molar-refractivity contribution in [2.75, 3.05) is 13.2 Å². The lowest BCUT2D eigenvalue weighted by atomic mass is 10.0. The maximum Gasteiger partial charge on any atom is 0.0641 e. The van der Waals surface area contributed by atoms with Crippen LogP contribution in [0.25, 0.3) is 0 Å². The summed E-state index contributed by atoms with van der Waals surface area (Å²) in [6.07, 6.45) is 14.6. The third-order valence-corrected chi connectivity index (χ3v) is 3.66. The van der Waals surface area contributed by atoms with Gasteiger partial charge in [0.1, 0.15) is 0 Å². The van der Waals surface area contributed by atoms with Crippen LogP contribution in [0, 0.1) is 0 Å². The second-order valence-corrected chi connectivity index (χ2v) is 6.20. The van der Waals surface area contributed by atoms with Gasteiger partial charge in [0, 0.05) is 0 Å². The van der Waals surface area contributed by atoms with Gasteiger partial charge in [-0.25, -0.2) is 0 Å². The number of hydrogen-bond donors (Lipinski definition) is 2. The van der Waals surface area contributed by atoms with E-state index in [-0.39, 0.29) is 13.2 Å². The summed E-state index contributed by atoms with van der Waals surface area (Å²) in [4.78, 5) is 0. The molecular formula is C20H34O2. The Morgan fingerprint density at radius 2 is 1.23 bits per heavy atom. The van der Waals surface area contributed by atoms with Crippen molar-refractivity contribution in [2.45, 2.75) is 66.2 Å². The molecule has 0 aliphatic rings. The van der Waals surface area contributed by atoms with Gasteiger partial charge in [-0.2, -0.15) is 0 Å². The molecule has 0 aliphatic heterocycles. The van der Waals surface area contributed by atoms with Crippen molar-refractivity contribution in [3.8, 4) is 0 Å². The average Bonchev–Trinajstić information content (AvgIpc) is 2.45. The zero-order valence-electron chi connectivity index (χ0n) is 14.9. The van der Waals surface area contributed by atoms with Crippen LogP contribution in [0.5, 0.6) is 0 Å². The molecule has 0 saturated carbocycles. The molecule has 0 heterocycles. The lowest BCUT2D eigenvalue weighted by molar-refractivity contribution is 0.326. The van der Waals surface area contributed by atoms with Crippen molar-refractivity contribution >= 4 is 0 Å². The summed E-state index contributed by atoms with van der Waals surface area (Å²) in [6, 6.07) is 0. The third kappa shape index (κ3) is 12.6. The third-order valence-electron chi connectivity index (χ3n) is 3.66. The first kappa shape index (κ1) is 20.9. The lowest BCUT2D eigenvalue weighted by Crippen LogP contribution is -1.91. The van der Waals surface area contributed by atoms with Crippen molar-refractivity contribution in [2.24, 2.45) is 0 Å². The van der Waals surface area contributed by atoms with E-state index in [2.05, 4.69) is 39.0 Å². The summed E-state index contributed by atoms with van der Waals surface area (Å²) in [5, 5.41) is 18.2. The van der Waals surface area contributed by atoms with Gasteiger partial charge in [0.2, 0.25) is 0 Å². The molecule has 0 bridgehead atoms. The van der Waals surface area contributed by atoms with Crippen molar-refractivity contribution in [1.29, 1.82) is 0 Å². The first-order valence-electron chi connectivity index (χ1n) is 8.33. The topological polar surface area (TPSA) is 40.5 Å². The molecule has 0 spiro atoms. The van der Waals surface area contributed by atoms with Crippen molar-refractivity contribution in [1.82, 2.24) is 0 Å². The van der Waals surface area contributed by atoms with Crippen LogP contribution >= 0.6 is 0 Å². The van der Waals surface area contributed by atoms with Crippen LogP contribution in [0.1, 0.15) is 66.2 Å². The molecule has 2 N–H and O–H groups in total. The highest BCUT2D eigenvalue weighted by Crippen LogP contribution is 2.13. The first-order chi connectivity index (χ1) is 10.5. The molecule has 0 amide bonds. The largest absolute Gasteiger partial charge is 0.392 e. The van der Waals surface area contributed by atoms with Gasteiger partial charge in [-0.3, -0.25) is 0 Å². The number of hydrogen-bond acceptors (Lipinski definition) is 2.